The summed E-state index contributed by atoms with van der Waals surface area (Å²) in [7, 11) is -4.89. The number of rotatable bonds is 5. The fourth-order valence-corrected chi connectivity index (χ4v) is 4.25. The monoisotopic (exact) mass is 494 g/mol. The zero-order chi connectivity index (χ0) is 24.3. The molecular formula is C15H22N6O11S. The summed E-state index contributed by atoms with van der Waals surface area (Å²) < 4.78 is 35.0. The van der Waals surface area contributed by atoms with Crippen molar-refractivity contribution in [3.05, 3.63) is 0 Å². The molecule has 3 heterocycles. The molecule has 3 aliphatic rings. The maximum Gasteiger partial charge on any atom is 0.434 e. The molecule has 5 amide bonds. The van der Waals surface area contributed by atoms with Gasteiger partial charge in [0.1, 0.15) is 6.04 Å². The summed E-state index contributed by atoms with van der Waals surface area (Å²) in [4.78, 5) is 57.7. The summed E-state index contributed by atoms with van der Waals surface area (Å²) >= 11 is 0. The number of aliphatic imine (C=N–C) groups is 1. The van der Waals surface area contributed by atoms with E-state index in [2.05, 4.69) is 14.8 Å². The third-order valence-electron chi connectivity index (χ3n) is 5.29. The van der Waals surface area contributed by atoms with Gasteiger partial charge in [-0.15, -0.1) is 9.28 Å². The Morgan fingerprint density at radius 2 is 1.76 bits per heavy atom. The summed E-state index contributed by atoms with van der Waals surface area (Å²) in [6.07, 6.45) is -2.39. The predicted octanol–water partition coefficient (Wildman–Crippen LogP) is -1.20. The number of fused-ring (bicyclic) bond motifs is 2. The third-order valence-corrected chi connectivity index (χ3v) is 5.64. The van der Waals surface area contributed by atoms with E-state index in [9.17, 15) is 27.6 Å². The van der Waals surface area contributed by atoms with Crippen LogP contribution in [0.1, 0.15) is 25.7 Å². The molecule has 2 bridgehead atoms. The van der Waals surface area contributed by atoms with Gasteiger partial charge in [-0.2, -0.15) is 13.5 Å². The molecule has 0 spiro atoms. The molecule has 0 radical (unpaired) electrons. The van der Waals surface area contributed by atoms with Gasteiger partial charge < -0.3 is 20.0 Å². The van der Waals surface area contributed by atoms with E-state index in [4.69, 9.17) is 19.6 Å². The topological polar surface area (TPSA) is 228 Å². The predicted molar refractivity (Wildman–Crippen MR) is 104 cm³/mol. The van der Waals surface area contributed by atoms with Crippen molar-refractivity contribution >= 4 is 40.5 Å². The lowest BCUT2D eigenvalue weighted by molar-refractivity contribution is -0.145. The fraction of sp³-hybridized carbons (Fsp3) is 0.667. The van der Waals surface area contributed by atoms with E-state index < -0.39 is 52.7 Å². The van der Waals surface area contributed by atoms with E-state index in [1.807, 2.05) is 5.32 Å². The van der Waals surface area contributed by atoms with Gasteiger partial charge in [0, 0.05) is 19.6 Å². The molecule has 33 heavy (non-hydrogen) atoms. The minimum absolute atomic E-state index is 0.0348. The summed E-state index contributed by atoms with van der Waals surface area (Å²) in [5.74, 6) is -0.961. The van der Waals surface area contributed by atoms with E-state index in [0.29, 0.717) is 17.9 Å². The number of carbonyl (C=O) groups excluding carboxylic acids is 2. The molecule has 184 valence electrons. The van der Waals surface area contributed by atoms with Crippen molar-refractivity contribution in [1.82, 2.24) is 25.7 Å². The summed E-state index contributed by atoms with van der Waals surface area (Å²) in [6, 6.07) is -2.44. The number of likely N-dealkylation sites (tertiary alicyclic amines) is 1. The van der Waals surface area contributed by atoms with Crippen molar-refractivity contribution in [1.29, 1.82) is 0 Å². The number of carbonyl (C=O) groups is 4. The van der Waals surface area contributed by atoms with Crippen molar-refractivity contribution in [3.63, 3.8) is 0 Å². The molecule has 0 aromatic rings. The van der Waals surface area contributed by atoms with Crippen LogP contribution < -0.4 is 10.8 Å². The number of carboxylic acid groups (broad SMARTS) is 2. The van der Waals surface area contributed by atoms with Crippen LogP contribution in [0.15, 0.2) is 4.99 Å². The van der Waals surface area contributed by atoms with Crippen LogP contribution in [0.3, 0.4) is 0 Å². The highest BCUT2D eigenvalue weighted by molar-refractivity contribution is 7.80. The number of amides is 5. The molecule has 2 atom stereocenters. The van der Waals surface area contributed by atoms with Crippen LogP contribution >= 0.6 is 0 Å². The SMILES string of the molecule is O=C(O)N=C(NC(=O)O)N1CCC(ONC(=O)[C@@H]2CC[C@@H]3CN2C(=O)N3OS(=O)(=O)O)CC1. The number of hydrogen-bond donors (Lipinski definition) is 5. The number of nitrogens with one attached hydrogen (secondary N) is 2. The van der Waals surface area contributed by atoms with Crippen molar-refractivity contribution in [2.45, 2.75) is 43.9 Å². The molecule has 0 aliphatic carbocycles. The second-order valence-corrected chi connectivity index (χ2v) is 8.43. The average Bonchev–Trinajstić information content (AvgIpc) is 2.95. The zero-order valence-corrected chi connectivity index (χ0v) is 17.8. The third kappa shape index (κ3) is 6.18. The van der Waals surface area contributed by atoms with Crippen molar-refractivity contribution in [2.75, 3.05) is 19.6 Å². The fourth-order valence-electron chi connectivity index (χ4n) is 3.86. The van der Waals surface area contributed by atoms with Crippen molar-refractivity contribution in [3.8, 4) is 0 Å². The van der Waals surface area contributed by atoms with Crippen molar-refractivity contribution in [2.24, 2.45) is 4.99 Å². The summed E-state index contributed by atoms with van der Waals surface area (Å²) in [6.45, 7) is 0.433. The largest absolute Gasteiger partial charge is 0.465 e. The second kappa shape index (κ2) is 9.73. The minimum Gasteiger partial charge on any atom is -0.465 e. The molecule has 0 saturated carbocycles. The molecule has 0 unspecified atom stereocenters. The number of piperidine rings is 2. The Bertz CT molecular complexity index is 948. The van der Waals surface area contributed by atoms with Crippen LogP contribution in [0, 0.1) is 0 Å². The quantitative estimate of drug-likeness (QED) is 0.131. The molecule has 18 heteroatoms. The minimum atomic E-state index is -4.89. The van der Waals surface area contributed by atoms with Gasteiger partial charge in [0.05, 0.1) is 12.1 Å². The van der Waals surface area contributed by atoms with Gasteiger partial charge in [0.15, 0.2) is 0 Å². The number of nitrogens with zero attached hydrogens (tertiary/aromatic N) is 4. The highest BCUT2D eigenvalue weighted by atomic mass is 32.3. The van der Waals surface area contributed by atoms with Crippen LogP contribution in [0.5, 0.6) is 0 Å². The standard InChI is InChI=1S/C15H22N6O11S/c22-11(10-2-1-8-7-20(10)15(27)21(8)32-33(28,29)30)18-31-9-3-5-19(6-4-9)12(16-13(23)24)17-14(25)26/h8-10H,1-7H2,(H,16,17)(H,18,22)(H,23,24)(H,25,26)(H,28,29,30)/t8-,10+/m1/s1. The number of hydrogen-bond acceptors (Lipinski definition) is 8. The van der Waals surface area contributed by atoms with Crippen molar-refractivity contribution < 1.29 is 51.5 Å². The average molecular weight is 494 g/mol. The molecule has 3 aliphatic heterocycles. The Kier molecular flexibility index (Phi) is 7.20. The van der Waals surface area contributed by atoms with E-state index in [1.54, 1.807) is 0 Å². The maximum absolute atomic E-state index is 12.6. The number of hydroxylamine groups is 3. The van der Waals surface area contributed by atoms with Gasteiger partial charge in [-0.05, 0) is 25.7 Å². The van der Waals surface area contributed by atoms with Crippen LogP contribution in [0.2, 0.25) is 0 Å². The van der Waals surface area contributed by atoms with E-state index >= 15 is 0 Å². The highest BCUT2D eigenvalue weighted by Gasteiger charge is 2.49. The first kappa shape index (κ1) is 24.4. The highest BCUT2D eigenvalue weighted by Crippen LogP contribution is 2.30. The number of guanidine groups is 1. The van der Waals surface area contributed by atoms with E-state index in [-0.39, 0.29) is 38.4 Å². The first-order valence-corrected chi connectivity index (χ1v) is 11.1. The number of urea groups is 1. The maximum atomic E-state index is 12.6. The Hall–Kier alpha value is -3.22. The molecule has 17 nitrogen and oxygen atoms in total. The van der Waals surface area contributed by atoms with Gasteiger partial charge in [0.25, 0.3) is 5.91 Å². The smallest absolute Gasteiger partial charge is 0.434 e. The lowest BCUT2D eigenvalue weighted by atomic mass is 10.0. The van der Waals surface area contributed by atoms with Gasteiger partial charge >= 0.3 is 28.6 Å². The molecule has 5 N–H and O–H groups in total. The van der Waals surface area contributed by atoms with Crippen LogP contribution in [0.4, 0.5) is 14.4 Å². The molecule has 3 fully saturated rings. The van der Waals surface area contributed by atoms with Gasteiger partial charge in [-0.3, -0.25) is 19.5 Å². The van der Waals surface area contributed by atoms with Crippen LogP contribution in [0.25, 0.3) is 0 Å². The normalized spacial score (nSPS) is 24.1. The van der Waals surface area contributed by atoms with Gasteiger partial charge in [-0.1, -0.05) is 0 Å². The van der Waals surface area contributed by atoms with Crippen LogP contribution in [-0.4, -0.2) is 106 Å². The van der Waals surface area contributed by atoms with E-state index in [0.717, 1.165) is 4.90 Å². The molecule has 0 aromatic heterocycles. The van der Waals surface area contributed by atoms with Crippen LogP contribution in [-0.2, 0) is 24.3 Å². The molecular weight excluding hydrogens is 472 g/mol. The lowest BCUT2D eigenvalue weighted by Crippen LogP contribution is -2.52. The second-order valence-electron chi connectivity index (χ2n) is 7.43. The zero-order valence-electron chi connectivity index (χ0n) is 17.0. The Labute approximate surface area is 186 Å². The molecule has 3 saturated heterocycles. The van der Waals surface area contributed by atoms with E-state index in [1.165, 1.54) is 4.90 Å². The molecule has 0 aromatic carbocycles. The first-order valence-electron chi connectivity index (χ1n) is 9.73. The van der Waals surface area contributed by atoms with Gasteiger partial charge in [0.2, 0.25) is 5.96 Å². The Balaban J connectivity index is 1.50. The molecule has 3 rings (SSSR count). The Morgan fingerprint density at radius 1 is 1.09 bits per heavy atom. The van der Waals surface area contributed by atoms with Gasteiger partial charge in [-0.25, -0.2) is 19.9 Å². The summed E-state index contributed by atoms with van der Waals surface area (Å²) in [5.41, 5.74) is 2.28. The summed E-state index contributed by atoms with van der Waals surface area (Å²) in [5, 5.41) is 20.1. The first-order chi connectivity index (χ1) is 15.4. The Morgan fingerprint density at radius 3 is 2.33 bits per heavy atom. The lowest BCUT2D eigenvalue weighted by Gasteiger charge is -2.34.